The molecule has 1 fully saturated rings. The van der Waals surface area contributed by atoms with Gasteiger partial charge in [-0.05, 0) is 53.8 Å². The number of amides is 1. The molecule has 1 amide bonds. The van der Waals surface area contributed by atoms with E-state index in [1.54, 1.807) is 12.0 Å². The maximum atomic E-state index is 12.5. The second-order valence-electron chi connectivity index (χ2n) is 6.69. The molecule has 2 aromatic carbocycles. The topological polar surface area (TPSA) is 41.6 Å². The van der Waals surface area contributed by atoms with Gasteiger partial charge in [0, 0.05) is 7.05 Å². The van der Waals surface area contributed by atoms with Gasteiger partial charge in [-0.25, -0.2) is 0 Å². The van der Waals surface area contributed by atoms with Crippen LogP contribution in [-0.2, 0) is 4.79 Å². The van der Waals surface area contributed by atoms with Gasteiger partial charge in [-0.2, -0.15) is 0 Å². The Hall–Kier alpha value is -2.75. The summed E-state index contributed by atoms with van der Waals surface area (Å²) in [6.07, 6.45) is 1.37. The van der Waals surface area contributed by atoms with Crippen molar-refractivity contribution in [1.29, 1.82) is 0 Å². The highest BCUT2D eigenvalue weighted by Gasteiger charge is 2.28. The molecule has 3 rings (SSSR count). The predicted molar refractivity (Wildman–Crippen MR) is 105 cm³/mol. The van der Waals surface area contributed by atoms with Crippen LogP contribution in [0.3, 0.4) is 0 Å². The van der Waals surface area contributed by atoms with Crippen molar-refractivity contribution in [2.75, 3.05) is 14.2 Å². The fourth-order valence-corrected chi connectivity index (χ4v) is 3.26. The number of rotatable bonds is 4. The van der Waals surface area contributed by atoms with Crippen molar-refractivity contribution in [2.24, 2.45) is 0 Å². The number of methoxy groups -OCH3 is 1. The van der Waals surface area contributed by atoms with Gasteiger partial charge in [0.2, 0.25) is 5.91 Å². The fraction of sp³-hybridized carbons (Fsp3) is 0.318. The molecule has 1 heterocycles. The first-order chi connectivity index (χ1) is 12.5. The minimum absolute atomic E-state index is 0.0132. The smallest absolute Gasteiger partial charge is 0.230 e. The Bertz CT molecular complexity index is 842. The molecule has 0 spiro atoms. The maximum Gasteiger partial charge on any atom is 0.230 e. The molecule has 4 heteroatoms. The van der Waals surface area contributed by atoms with E-state index in [1.165, 1.54) is 5.57 Å². The molecule has 1 aliphatic heterocycles. The van der Waals surface area contributed by atoms with Crippen LogP contribution >= 0.6 is 0 Å². The summed E-state index contributed by atoms with van der Waals surface area (Å²) in [6.45, 7) is 4.18. The molecule has 0 unspecified atom stereocenters. The van der Waals surface area contributed by atoms with Crippen LogP contribution in [0.1, 0.15) is 38.3 Å². The molecule has 2 aromatic rings. The third-order valence-electron chi connectivity index (χ3n) is 5.03. The lowest BCUT2D eigenvalue weighted by atomic mass is 9.96. The van der Waals surface area contributed by atoms with Crippen LogP contribution in [0.15, 0.2) is 59.9 Å². The molecule has 1 N–H and O–H groups in total. The van der Waals surface area contributed by atoms with Crippen LogP contribution < -0.4 is 10.1 Å². The predicted octanol–water partition coefficient (Wildman–Crippen LogP) is 4.50. The van der Waals surface area contributed by atoms with Gasteiger partial charge < -0.3 is 15.0 Å². The van der Waals surface area contributed by atoms with E-state index in [0.717, 1.165) is 34.7 Å². The number of nitrogens with one attached hydrogen (secondary N) is 1. The number of allylic oxidation sites excluding steroid dienone is 1. The number of nitrogens with zero attached hydrogens (tertiary/aromatic N) is 1. The third-order valence-corrected chi connectivity index (χ3v) is 5.03. The lowest BCUT2D eigenvalue weighted by Crippen LogP contribution is -2.43. The van der Waals surface area contributed by atoms with Gasteiger partial charge in [0.05, 0.1) is 19.6 Å². The number of benzene rings is 2. The summed E-state index contributed by atoms with van der Waals surface area (Å²) in [5.74, 6) is 1.91. The highest BCUT2D eigenvalue weighted by Crippen LogP contribution is 2.30. The van der Waals surface area contributed by atoms with E-state index < -0.39 is 0 Å². The Balaban J connectivity index is 1.93. The third kappa shape index (κ3) is 3.59. The standard InChI is InChI=1S/C22H26N2O2/c1-5-15(2)22-23-20(14-21(25)24(22)3)18-10-6-8-16(12-18)17-9-7-11-19(13-17)26-4/h6-13,20,23H,5,14H2,1-4H3/b22-15-/t20-/m0/s1. The quantitative estimate of drug-likeness (QED) is 0.883. The van der Waals surface area contributed by atoms with Crippen molar-refractivity contribution in [3.8, 4) is 16.9 Å². The van der Waals surface area contributed by atoms with Crippen LogP contribution in [0, 0.1) is 0 Å². The lowest BCUT2D eigenvalue weighted by Gasteiger charge is -2.35. The van der Waals surface area contributed by atoms with Crippen molar-refractivity contribution in [3.05, 3.63) is 65.5 Å². The first-order valence-corrected chi connectivity index (χ1v) is 9.00. The van der Waals surface area contributed by atoms with Crippen LogP contribution in [0.5, 0.6) is 5.75 Å². The monoisotopic (exact) mass is 350 g/mol. The number of hydrogen-bond donors (Lipinski definition) is 1. The molecular formula is C22H26N2O2. The van der Waals surface area contributed by atoms with Gasteiger partial charge in [0.1, 0.15) is 11.6 Å². The molecule has 0 aliphatic carbocycles. The zero-order chi connectivity index (χ0) is 18.7. The van der Waals surface area contributed by atoms with Crippen LogP contribution in [0.2, 0.25) is 0 Å². The summed E-state index contributed by atoms with van der Waals surface area (Å²) in [4.78, 5) is 14.2. The first kappa shape index (κ1) is 18.1. The molecule has 1 aliphatic rings. The van der Waals surface area contributed by atoms with Crippen molar-refractivity contribution >= 4 is 5.91 Å². The van der Waals surface area contributed by atoms with Crippen LogP contribution in [0.25, 0.3) is 11.1 Å². The Morgan fingerprint density at radius 2 is 1.88 bits per heavy atom. The van der Waals surface area contributed by atoms with E-state index in [9.17, 15) is 4.79 Å². The molecule has 0 bridgehead atoms. The SMILES string of the molecule is CC/C(C)=C1/N[C@H](c2cccc(-c3cccc(OC)c3)c2)CC(=O)N1C. The molecule has 136 valence electrons. The Labute approximate surface area is 155 Å². The molecular weight excluding hydrogens is 324 g/mol. The molecule has 0 radical (unpaired) electrons. The van der Waals surface area contributed by atoms with Gasteiger partial charge in [-0.1, -0.05) is 37.3 Å². The van der Waals surface area contributed by atoms with Crippen molar-refractivity contribution in [1.82, 2.24) is 10.2 Å². The highest BCUT2D eigenvalue weighted by atomic mass is 16.5. The zero-order valence-electron chi connectivity index (χ0n) is 15.9. The second kappa shape index (κ2) is 7.65. The summed E-state index contributed by atoms with van der Waals surface area (Å²) < 4.78 is 5.33. The van der Waals surface area contributed by atoms with Crippen molar-refractivity contribution in [2.45, 2.75) is 32.7 Å². The Kier molecular flexibility index (Phi) is 5.31. The molecule has 1 saturated heterocycles. The Morgan fingerprint density at radius 1 is 1.19 bits per heavy atom. The average Bonchev–Trinajstić information content (AvgIpc) is 2.69. The summed E-state index contributed by atoms with van der Waals surface area (Å²) in [5.41, 5.74) is 4.53. The molecule has 0 saturated carbocycles. The van der Waals surface area contributed by atoms with Gasteiger partial charge in [-0.3, -0.25) is 4.79 Å². The second-order valence-corrected chi connectivity index (χ2v) is 6.69. The minimum Gasteiger partial charge on any atom is -0.497 e. The largest absolute Gasteiger partial charge is 0.497 e. The maximum absolute atomic E-state index is 12.5. The van der Waals surface area contributed by atoms with E-state index in [1.807, 2.05) is 31.3 Å². The normalized spacial score (nSPS) is 19.2. The fourth-order valence-electron chi connectivity index (χ4n) is 3.26. The summed E-state index contributed by atoms with van der Waals surface area (Å²) in [5, 5.41) is 3.56. The number of hydrogen-bond acceptors (Lipinski definition) is 3. The lowest BCUT2D eigenvalue weighted by molar-refractivity contribution is -0.130. The first-order valence-electron chi connectivity index (χ1n) is 9.00. The van der Waals surface area contributed by atoms with E-state index in [4.69, 9.17) is 4.74 Å². The molecule has 1 atom stereocenters. The molecule has 4 nitrogen and oxygen atoms in total. The van der Waals surface area contributed by atoms with Crippen molar-refractivity contribution in [3.63, 3.8) is 0 Å². The Morgan fingerprint density at radius 3 is 2.58 bits per heavy atom. The van der Waals surface area contributed by atoms with E-state index in [0.29, 0.717) is 6.42 Å². The van der Waals surface area contributed by atoms with E-state index in [2.05, 4.69) is 43.4 Å². The number of ether oxygens (including phenoxy) is 1. The van der Waals surface area contributed by atoms with Crippen molar-refractivity contribution < 1.29 is 9.53 Å². The molecule has 26 heavy (non-hydrogen) atoms. The summed E-state index contributed by atoms with van der Waals surface area (Å²) in [7, 11) is 3.51. The van der Waals surface area contributed by atoms with E-state index in [-0.39, 0.29) is 11.9 Å². The van der Waals surface area contributed by atoms with Gasteiger partial charge in [-0.15, -0.1) is 0 Å². The van der Waals surface area contributed by atoms with E-state index >= 15 is 0 Å². The number of carbonyl (C=O) groups is 1. The molecule has 0 aromatic heterocycles. The average molecular weight is 350 g/mol. The zero-order valence-corrected chi connectivity index (χ0v) is 15.9. The van der Waals surface area contributed by atoms with Crippen LogP contribution in [0.4, 0.5) is 0 Å². The number of carbonyl (C=O) groups excluding carboxylic acids is 1. The highest BCUT2D eigenvalue weighted by molar-refractivity contribution is 5.80. The van der Waals surface area contributed by atoms with Gasteiger partial charge in [0.15, 0.2) is 0 Å². The van der Waals surface area contributed by atoms with Gasteiger partial charge >= 0.3 is 0 Å². The summed E-state index contributed by atoms with van der Waals surface area (Å²) >= 11 is 0. The van der Waals surface area contributed by atoms with Gasteiger partial charge in [0.25, 0.3) is 0 Å². The van der Waals surface area contributed by atoms with Crippen LogP contribution in [-0.4, -0.2) is 25.0 Å². The minimum atomic E-state index is -0.0132. The summed E-state index contributed by atoms with van der Waals surface area (Å²) in [6, 6.07) is 16.4.